The third-order valence-electron chi connectivity index (χ3n) is 2.93. The molecule has 0 fully saturated rings. The molecule has 1 aromatic carbocycles. The maximum Gasteiger partial charge on any atom is 0.408 e. The average Bonchev–Trinajstić information content (AvgIpc) is 2.39. The molecule has 0 spiro atoms. The van der Waals surface area contributed by atoms with Crippen LogP contribution in [0.4, 0.5) is 4.79 Å². The number of benzene rings is 1. The van der Waals surface area contributed by atoms with Crippen molar-refractivity contribution >= 4 is 12.1 Å². The minimum atomic E-state index is -1.23. The lowest BCUT2D eigenvalue weighted by molar-refractivity contribution is -0.139. The monoisotopic (exact) mass is 325 g/mol. The Labute approximate surface area is 135 Å². The number of methoxy groups -OCH3 is 1. The first-order chi connectivity index (χ1) is 10.5. The fraction of sp³-hybridized carbons (Fsp3) is 0.500. The third kappa shape index (κ3) is 5.69. The van der Waals surface area contributed by atoms with Crippen molar-refractivity contribution in [3.05, 3.63) is 23.3 Å². The highest BCUT2D eigenvalue weighted by molar-refractivity contribution is 5.80. The molecule has 7 nitrogen and oxygen atoms in total. The highest BCUT2D eigenvalue weighted by Gasteiger charge is 2.25. The molecule has 0 heterocycles. The maximum absolute atomic E-state index is 11.8. The van der Waals surface area contributed by atoms with E-state index in [9.17, 15) is 19.8 Å². The number of hydrogen-bond donors (Lipinski definition) is 3. The van der Waals surface area contributed by atoms with Crippen molar-refractivity contribution in [1.29, 1.82) is 0 Å². The number of rotatable bonds is 5. The number of carbonyl (C=O) groups excluding carboxylic acids is 1. The van der Waals surface area contributed by atoms with E-state index in [1.165, 1.54) is 7.11 Å². The van der Waals surface area contributed by atoms with E-state index >= 15 is 0 Å². The van der Waals surface area contributed by atoms with Crippen LogP contribution in [0.1, 0.15) is 31.9 Å². The van der Waals surface area contributed by atoms with Crippen molar-refractivity contribution in [2.75, 3.05) is 7.11 Å². The zero-order valence-electron chi connectivity index (χ0n) is 14.0. The molecule has 1 unspecified atom stereocenters. The van der Waals surface area contributed by atoms with Gasteiger partial charge in [0.05, 0.1) is 7.11 Å². The fourth-order valence-electron chi connectivity index (χ4n) is 2.00. The van der Waals surface area contributed by atoms with Crippen molar-refractivity contribution in [3.63, 3.8) is 0 Å². The number of alkyl carbamates (subject to hydrolysis) is 1. The number of phenolic OH excluding ortho intramolecular Hbond substituents is 1. The van der Waals surface area contributed by atoms with Gasteiger partial charge in [0.2, 0.25) is 0 Å². The predicted octanol–water partition coefficient (Wildman–Crippen LogP) is 2.23. The van der Waals surface area contributed by atoms with Gasteiger partial charge in [0, 0.05) is 12.0 Å². The SMILES string of the molecule is COc1cc(C)cc(CC(NC(=O)OC(C)(C)C)C(=O)O)c1O. The van der Waals surface area contributed by atoms with Crippen LogP contribution in [-0.2, 0) is 16.0 Å². The van der Waals surface area contributed by atoms with Gasteiger partial charge in [0.15, 0.2) is 11.5 Å². The molecule has 0 radical (unpaired) electrons. The zero-order chi connectivity index (χ0) is 17.8. The van der Waals surface area contributed by atoms with E-state index in [1.54, 1.807) is 39.8 Å². The summed E-state index contributed by atoms with van der Waals surface area (Å²) >= 11 is 0. The molecule has 1 aromatic rings. The molecule has 0 aliphatic heterocycles. The Morgan fingerprint density at radius 3 is 2.39 bits per heavy atom. The molecular formula is C16H23NO6. The van der Waals surface area contributed by atoms with E-state index in [4.69, 9.17) is 9.47 Å². The van der Waals surface area contributed by atoms with Crippen molar-refractivity contribution < 1.29 is 29.3 Å². The minimum absolute atomic E-state index is 0.0988. The van der Waals surface area contributed by atoms with Crippen LogP contribution < -0.4 is 10.1 Å². The Bertz CT molecular complexity index is 591. The lowest BCUT2D eigenvalue weighted by Crippen LogP contribution is -2.44. The first kappa shape index (κ1) is 18.6. The quantitative estimate of drug-likeness (QED) is 0.767. The van der Waals surface area contributed by atoms with Crippen molar-refractivity contribution in [2.45, 2.75) is 45.8 Å². The summed E-state index contributed by atoms with van der Waals surface area (Å²) in [7, 11) is 1.41. The van der Waals surface area contributed by atoms with Gasteiger partial charge in [-0.25, -0.2) is 9.59 Å². The predicted molar refractivity (Wildman–Crippen MR) is 83.9 cm³/mol. The molecule has 0 aliphatic carbocycles. The van der Waals surface area contributed by atoms with Crippen molar-refractivity contribution in [3.8, 4) is 11.5 Å². The smallest absolute Gasteiger partial charge is 0.408 e. The largest absolute Gasteiger partial charge is 0.504 e. The Hall–Kier alpha value is -2.44. The van der Waals surface area contributed by atoms with Crippen molar-refractivity contribution in [2.24, 2.45) is 0 Å². The summed E-state index contributed by atoms with van der Waals surface area (Å²) in [6.07, 6.45) is -0.928. The highest BCUT2D eigenvalue weighted by Crippen LogP contribution is 2.32. The Morgan fingerprint density at radius 1 is 1.30 bits per heavy atom. The van der Waals surface area contributed by atoms with Gasteiger partial charge >= 0.3 is 12.1 Å². The number of aliphatic carboxylic acids is 1. The van der Waals surface area contributed by atoms with Crippen LogP contribution >= 0.6 is 0 Å². The summed E-state index contributed by atoms with van der Waals surface area (Å²) in [6, 6.07) is 2.04. The van der Waals surface area contributed by atoms with E-state index in [0.717, 1.165) is 5.56 Å². The molecule has 1 atom stereocenters. The lowest BCUT2D eigenvalue weighted by atomic mass is 10.0. The molecule has 1 rings (SSSR count). The molecule has 7 heteroatoms. The molecule has 3 N–H and O–H groups in total. The van der Waals surface area contributed by atoms with Crippen LogP contribution in [0.5, 0.6) is 11.5 Å². The Morgan fingerprint density at radius 2 is 1.91 bits per heavy atom. The van der Waals surface area contributed by atoms with Gasteiger partial charge in [-0.05, 0) is 39.3 Å². The Kier molecular flexibility index (Phi) is 5.84. The van der Waals surface area contributed by atoms with E-state index in [1.807, 2.05) is 0 Å². The summed E-state index contributed by atoms with van der Waals surface area (Å²) in [5.41, 5.74) is 0.434. The molecule has 128 valence electrons. The second-order valence-corrected chi connectivity index (χ2v) is 6.22. The molecule has 0 saturated carbocycles. The van der Waals surface area contributed by atoms with E-state index in [2.05, 4.69) is 5.32 Å². The topological polar surface area (TPSA) is 105 Å². The second-order valence-electron chi connectivity index (χ2n) is 6.22. The molecule has 0 aliphatic rings. The number of aryl methyl sites for hydroxylation is 1. The number of nitrogens with one attached hydrogen (secondary N) is 1. The molecular weight excluding hydrogens is 302 g/mol. The van der Waals surface area contributed by atoms with Gasteiger partial charge in [-0.15, -0.1) is 0 Å². The fourth-order valence-corrected chi connectivity index (χ4v) is 2.00. The van der Waals surface area contributed by atoms with Gasteiger partial charge in [0.25, 0.3) is 0 Å². The molecule has 0 bridgehead atoms. The van der Waals surface area contributed by atoms with Gasteiger partial charge in [-0.2, -0.15) is 0 Å². The number of aromatic hydroxyl groups is 1. The third-order valence-corrected chi connectivity index (χ3v) is 2.93. The van der Waals surface area contributed by atoms with E-state index in [0.29, 0.717) is 5.56 Å². The molecule has 23 heavy (non-hydrogen) atoms. The lowest BCUT2D eigenvalue weighted by Gasteiger charge is -2.22. The van der Waals surface area contributed by atoms with Gasteiger partial charge in [-0.3, -0.25) is 0 Å². The van der Waals surface area contributed by atoms with Crippen LogP contribution in [0.3, 0.4) is 0 Å². The van der Waals surface area contributed by atoms with Crippen LogP contribution in [0.25, 0.3) is 0 Å². The van der Waals surface area contributed by atoms with Crippen molar-refractivity contribution in [1.82, 2.24) is 5.32 Å². The highest BCUT2D eigenvalue weighted by atomic mass is 16.6. The number of amides is 1. The summed E-state index contributed by atoms with van der Waals surface area (Å²) in [5, 5.41) is 21.7. The van der Waals surface area contributed by atoms with Gasteiger partial charge in [0.1, 0.15) is 11.6 Å². The van der Waals surface area contributed by atoms with Gasteiger partial charge < -0.3 is 25.0 Å². The molecule has 1 amide bonds. The second kappa shape index (κ2) is 7.21. The van der Waals surface area contributed by atoms with Crippen LogP contribution in [0.15, 0.2) is 12.1 Å². The number of ether oxygens (including phenoxy) is 2. The normalized spacial score (nSPS) is 12.4. The van der Waals surface area contributed by atoms with Crippen LogP contribution in [0.2, 0.25) is 0 Å². The first-order valence-electron chi connectivity index (χ1n) is 7.12. The van der Waals surface area contributed by atoms with Crippen LogP contribution in [0, 0.1) is 6.92 Å². The summed E-state index contributed by atoms with van der Waals surface area (Å²) in [6.45, 7) is 6.83. The number of carboxylic acid groups (broad SMARTS) is 1. The first-order valence-corrected chi connectivity index (χ1v) is 7.12. The zero-order valence-corrected chi connectivity index (χ0v) is 14.0. The molecule has 0 saturated heterocycles. The summed E-state index contributed by atoms with van der Waals surface area (Å²) in [5.74, 6) is -1.12. The number of carbonyl (C=O) groups is 2. The Balaban J connectivity index is 2.95. The summed E-state index contributed by atoms with van der Waals surface area (Å²) in [4.78, 5) is 23.1. The maximum atomic E-state index is 11.8. The van der Waals surface area contributed by atoms with Gasteiger partial charge in [-0.1, -0.05) is 6.07 Å². The number of hydrogen-bond acceptors (Lipinski definition) is 5. The van der Waals surface area contributed by atoms with E-state index < -0.39 is 23.7 Å². The number of phenols is 1. The van der Waals surface area contributed by atoms with Crippen LogP contribution in [-0.4, -0.2) is 41.0 Å². The van der Waals surface area contributed by atoms with E-state index in [-0.39, 0.29) is 17.9 Å². The average molecular weight is 325 g/mol. The molecule has 0 aromatic heterocycles. The standard InChI is InChI=1S/C16H23NO6/c1-9-6-10(13(18)12(7-9)22-5)8-11(14(19)20)17-15(21)23-16(2,3)4/h6-7,11,18H,8H2,1-5H3,(H,17,21)(H,19,20). The number of carboxylic acids is 1. The summed E-state index contributed by atoms with van der Waals surface area (Å²) < 4.78 is 10.1. The minimum Gasteiger partial charge on any atom is -0.504 e.